The summed E-state index contributed by atoms with van der Waals surface area (Å²) in [6, 6.07) is -0.683. The predicted molar refractivity (Wildman–Crippen MR) is 48.0 cm³/mol. The van der Waals surface area contributed by atoms with Crippen LogP contribution >= 0.6 is 0 Å². The van der Waals surface area contributed by atoms with E-state index in [1.807, 2.05) is 13.8 Å². The third-order valence-electron chi connectivity index (χ3n) is 2.00. The first-order valence-electron chi connectivity index (χ1n) is 4.30. The van der Waals surface area contributed by atoms with Crippen LogP contribution in [-0.4, -0.2) is 25.2 Å². The minimum atomic E-state index is -0.683. The van der Waals surface area contributed by atoms with Gasteiger partial charge in [-0.2, -0.15) is 4.99 Å². The van der Waals surface area contributed by atoms with E-state index in [0.29, 0.717) is 12.3 Å². The summed E-state index contributed by atoms with van der Waals surface area (Å²) in [6.45, 7) is 4.01. The zero-order valence-corrected chi connectivity index (χ0v) is 8.24. The molecule has 4 heteroatoms. The van der Waals surface area contributed by atoms with Gasteiger partial charge >= 0.3 is 5.97 Å². The van der Waals surface area contributed by atoms with Crippen LogP contribution in [0.1, 0.15) is 26.7 Å². The lowest BCUT2D eigenvalue weighted by Gasteiger charge is -2.12. The molecule has 74 valence electrons. The lowest BCUT2D eigenvalue weighted by molar-refractivity contribution is -0.142. The number of nitrogens with zero attached hydrogens (tertiary/aromatic N) is 1. The van der Waals surface area contributed by atoms with E-state index >= 15 is 0 Å². The number of rotatable bonds is 5. The van der Waals surface area contributed by atoms with Crippen molar-refractivity contribution in [3.8, 4) is 0 Å². The Morgan fingerprint density at radius 3 is 2.62 bits per heavy atom. The molecular formula is C9H15NO3. The van der Waals surface area contributed by atoms with Gasteiger partial charge in [-0.3, -0.25) is 0 Å². The second-order valence-electron chi connectivity index (χ2n) is 3.01. The van der Waals surface area contributed by atoms with Crippen LogP contribution in [0, 0.1) is 5.92 Å². The van der Waals surface area contributed by atoms with E-state index in [1.165, 1.54) is 13.2 Å². The smallest absolute Gasteiger partial charge is 0.331 e. The molecule has 2 atom stereocenters. The molecule has 0 radical (unpaired) electrons. The fourth-order valence-corrected chi connectivity index (χ4v) is 0.949. The molecule has 2 unspecified atom stereocenters. The van der Waals surface area contributed by atoms with E-state index < -0.39 is 12.0 Å². The molecular weight excluding hydrogens is 170 g/mol. The molecule has 0 aromatic heterocycles. The summed E-state index contributed by atoms with van der Waals surface area (Å²) in [7, 11) is 1.28. The summed E-state index contributed by atoms with van der Waals surface area (Å²) in [5.74, 6) is -0.121. The van der Waals surface area contributed by atoms with Crippen molar-refractivity contribution in [2.24, 2.45) is 10.9 Å². The van der Waals surface area contributed by atoms with Gasteiger partial charge in [-0.05, 0) is 12.3 Å². The Bertz CT molecular complexity index is 209. The highest BCUT2D eigenvalue weighted by atomic mass is 16.5. The maximum atomic E-state index is 11.1. The topological polar surface area (TPSA) is 55.7 Å². The van der Waals surface area contributed by atoms with E-state index in [1.54, 1.807) is 0 Å². The number of hydrogen-bond acceptors (Lipinski definition) is 4. The summed E-state index contributed by atoms with van der Waals surface area (Å²) < 4.78 is 4.50. The Hall–Kier alpha value is -1.15. The van der Waals surface area contributed by atoms with Crippen molar-refractivity contribution < 1.29 is 14.3 Å². The van der Waals surface area contributed by atoms with Crippen LogP contribution in [0.5, 0.6) is 0 Å². The molecule has 0 heterocycles. The molecule has 0 saturated heterocycles. The predicted octanol–water partition coefficient (Wildman–Crippen LogP) is 1.30. The van der Waals surface area contributed by atoms with E-state index in [4.69, 9.17) is 0 Å². The molecule has 0 amide bonds. The molecule has 0 aliphatic carbocycles. The molecule has 4 nitrogen and oxygen atoms in total. The maximum absolute atomic E-state index is 11.1. The fourth-order valence-electron chi connectivity index (χ4n) is 0.949. The molecule has 0 saturated carbocycles. The van der Waals surface area contributed by atoms with Crippen LogP contribution in [0.3, 0.4) is 0 Å². The van der Waals surface area contributed by atoms with Gasteiger partial charge in [0.1, 0.15) is 0 Å². The standard InChI is InChI=1S/C9H15NO3/c1-4-7(2)5-8(10-6-11)9(12)13-3/h7-8H,4-5H2,1-3H3. The van der Waals surface area contributed by atoms with Crippen molar-refractivity contribution in [3.05, 3.63) is 0 Å². The van der Waals surface area contributed by atoms with Gasteiger partial charge < -0.3 is 4.74 Å². The molecule has 0 aromatic rings. The Balaban J connectivity index is 4.25. The van der Waals surface area contributed by atoms with Crippen molar-refractivity contribution in [2.75, 3.05) is 7.11 Å². The zero-order chi connectivity index (χ0) is 10.3. The Labute approximate surface area is 78.0 Å². The van der Waals surface area contributed by atoms with Gasteiger partial charge in [0.05, 0.1) is 7.11 Å². The molecule has 13 heavy (non-hydrogen) atoms. The first-order chi connectivity index (χ1) is 6.15. The van der Waals surface area contributed by atoms with Crippen LogP contribution < -0.4 is 0 Å². The summed E-state index contributed by atoms with van der Waals surface area (Å²) >= 11 is 0. The molecule has 0 spiro atoms. The summed E-state index contributed by atoms with van der Waals surface area (Å²) in [5.41, 5.74) is 0. The Morgan fingerprint density at radius 2 is 2.23 bits per heavy atom. The van der Waals surface area contributed by atoms with Gasteiger partial charge in [0.15, 0.2) is 6.04 Å². The van der Waals surface area contributed by atoms with Crippen LogP contribution in [0.15, 0.2) is 4.99 Å². The first kappa shape index (κ1) is 11.8. The van der Waals surface area contributed by atoms with Gasteiger partial charge in [-0.25, -0.2) is 9.59 Å². The van der Waals surface area contributed by atoms with Crippen molar-refractivity contribution in [1.29, 1.82) is 0 Å². The van der Waals surface area contributed by atoms with Crippen LogP contribution in [0.2, 0.25) is 0 Å². The highest BCUT2D eigenvalue weighted by Crippen LogP contribution is 2.12. The lowest BCUT2D eigenvalue weighted by atomic mass is 10.00. The number of ether oxygens (including phenoxy) is 1. The van der Waals surface area contributed by atoms with Crippen molar-refractivity contribution >= 4 is 12.0 Å². The quantitative estimate of drug-likeness (QED) is 0.368. The SMILES string of the molecule is CCC(C)CC(N=C=O)C(=O)OC. The first-order valence-corrected chi connectivity index (χ1v) is 4.30. The van der Waals surface area contributed by atoms with Crippen LogP contribution in [0.25, 0.3) is 0 Å². The van der Waals surface area contributed by atoms with Gasteiger partial charge in [0.25, 0.3) is 0 Å². The summed E-state index contributed by atoms with van der Waals surface area (Å²) in [5, 5.41) is 0. The number of hydrogen-bond donors (Lipinski definition) is 0. The normalized spacial score (nSPS) is 14.1. The average molecular weight is 185 g/mol. The molecule has 0 rings (SSSR count). The lowest BCUT2D eigenvalue weighted by Crippen LogP contribution is -2.22. The molecule has 0 aliphatic rings. The minimum Gasteiger partial charge on any atom is -0.467 e. The monoisotopic (exact) mass is 185 g/mol. The maximum Gasteiger partial charge on any atom is 0.331 e. The molecule has 0 fully saturated rings. The number of carbonyl (C=O) groups is 1. The van der Waals surface area contributed by atoms with E-state index in [2.05, 4.69) is 9.73 Å². The Kier molecular flexibility index (Phi) is 5.81. The third kappa shape index (κ3) is 4.43. The van der Waals surface area contributed by atoms with Gasteiger partial charge in [-0.15, -0.1) is 0 Å². The number of carbonyl (C=O) groups excluding carboxylic acids is 2. The second-order valence-corrected chi connectivity index (χ2v) is 3.01. The Morgan fingerprint density at radius 1 is 1.62 bits per heavy atom. The van der Waals surface area contributed by atoms with Crippen LogP contribution in [-0.2, 0) is 14.3 Å². The highest BCUT2D eigenvalue weighted by Gasteiger charge is 2.20. The highest BCUT2D eigenvalue weighted by molar-refractivity contribution is 5.76. The molecule has 0 aliphatic heterocycles. The van der Waals surface area contributed by atoms with Crippen molar-refractivity contribution in [2.45, 2.75) is 32.7 Å². The fraction of sp³-hybridized carbons (Fsp3) is 0.778. The second kappa shape index (κ2) is 6.38. The number of isocyanates is 1. The summed E-state index contributed by atoms with van der Waals surface area (Å²) in [4.78, 5) is 24.5. The minimum absolute atomic E-state index is 0.348. The summed E-state index contributed by atoms with van der Waals surface area (Å²) in [6.07, 6.45) is 2.87. The van der Waals surface area contributed by atoms with E-state index in [-0.39, 0.29) is 0 Å². The number of aliphatic imine (C=N–C) groups is 1. The third-order valence-corrected chi connectivity index (χ3v) is 2.00. The molecule has 0 aromatic carbocycles. The van der Waals surface area contributed by atoms with Gasteiger partial charge in [-0.1, -0.05) is 20.3 Å². The van der Waals surface area contributed by atoms with Gasteiger partial charge in [0, 0.05) is 0 Å². The van der Waals surface area contributed by atoms with E-state index in [0.717, 1.165) is 6.42 Å². The van der Waals surface area contributed by atoms with Gasteiger partial charge in [0.2, 0.25) is 6.08 Å². The van der Waals surface area contributed by atoms with Crippen molar-refractivity contribution in [3.63, 3.8) is 0 Å². The largest absolute Gasteiger partial charge is 0.467 e. The van der Waals surface area contributed by atoms with Crippen LogP contribution in [0.4, 0.5) is 0 Å². The zero-order valence-electron chi connectivity index (χ0n) is 8.24. The molecule has 0 bridgehead atoms. The van der Waals surface area contributed by atoms with E-state index in [9.17, 15) is 9.59 Å². The average Bonchev–Trinajstić information content (AvgIpc) is 2.15. The van der Waals surface area contributed by atoms with Crippen molar-refractivity contribution in [1.82, 2.24) is 0 Å². The number of methoxy groups -OCH3 is 1. The number of esters is 1. The molecule has 0 N–H and O–H groups in total.